The Morgan fingerprint density at radius 1 is 1.32 bits per heavy atom. The molecule has 0 aliphatic rings. The monoisotopic (exact) mass is 377 g/mol. The quantitative estimate of drug-likeness (QED) is 0.852. The number of carbonyl (C=O) groups is 2. The Morgan fingerprint density at radius 3 is 2.40 bits per heavy atom. The highest BCUT2D eigenvalue weighted by atomic mass is 32.1. The number of ether oxygens (including phenoxy) is 1. The van der Waals surface area contributed by atoms with Crippen molar-refractivity contribution in [1.82, 2.24) is 9.97 Å². The number of aromatic nitrogens is 2. The first kappa shape index (κ1) is 20.4. The molecule has 0 radical (unpaired) electrons. The summed E-state index contributed by atoms with van der Waals surface area (Å²) in [5.41, 5.74) is 1.79. The van der Waals surface area contributed by atoms with Crippen molar-refractivity contribution in [3.8, 4) is 16.2 Å². The number of amides is 1. The Bertz CT molecular complexity index is 762. The number of halogens is 3. The van der Waals surface area contributed by atoms with Gasteiger partial charge in [-0.05, 0) is 13.0 Å². The maximum Gasteiger partial charge on any atom is 0.490 e. The van der Waals surface area contributed by atoms with Gasteiger partial charge in [-0.2, -0.15) is 13.2 Å². The van der Waals surface area contributed by atoms with Crippen LogP contribution in [0.1, 0.15) is 12.6 Å². The van der Waals surface area contributed by atoms with E-state index < -0.39 is 12.1 Å². The van der Waals surface area contributed by atoms with Gasteiger partial charge < -0.3 is 15.2 Å². The summed E-state index contributed by atoms with van der Waals surface area (Å²) in [6.07, 6.45) is -1.69. The first-order valence-corrected chi connectivity index (χ1v) is 7.40. The Morgan fingerprint density at radius 2 is 1.92 bits per heavy atom. The molecule has 2 heterocycles. The van der Waals surface area contributed by atoms with Gasteiger partial charge in [0.15, 0.2) is 5.13 Å². The number of aliphatic carboxylic acids is 1. The summed E-state index contributed by atoms with van der Waals surface area (Å²) in [4.78, 5) is 29.3. The van der Waals surface area contributed by atoms with Crippen molar-refractivity contribution < 1.29 is 32.6 Å². The average Bonchev–Trinajstić information content (AvgIpc) is 2.86. The molecule has 2 rings (SSSR count). The summed E-state index contributed by atoms with van der Waals surface area (Å²) in [7, 11) is 1.60. The molecule has 0 aromatic carbocycles. The number of pyridine rings is 1. The molecular formula is C14H14F3N3O4S. The largest absolute Gasteiger partial charge is 0.495 e. The fraction of sp³-hybridized carbons (Fsp3) is 0.286. The van der Waals surface area contributed by atoms with Gasteiger partial charge >= 0.3 is 12.1 Å². The third-order valence-electron chi connectivity index (χ3n) is 2.53. The van der Waals surface area contributed by atoms with Crippen LogP contribution >= 0.6 is 11.3 Å². The summed E-state index contributed by atoms with van der Waals surface area (Å²) in [6.45, 7) is 3.36. The standard InChI is InChI=1S/C12H13N3O2S.C2HF3O2/c1-7-11(18-12(14-7)15-8(2)16)9-4-10(17-3)6-13-5-9;3-2(4,5)1(6)7/h4-6H,1-3H3,(H,14,15,16);(H,6,7). The molecule has 0 saturated heterocycles. The van der Waals surface area contributed by atoms with Crippen molar-refractivity contribution >= 4 is 28.3 Å². The molecule has 2 N–H and O–H groups in total. The molecule has 0 saturated carbocycles. The Labute approximate surface area is 144 Å². The molecule has 25 heavy (non-hydrogen) atoms. The van der Waals surface area contributed by atoms with Crippen molar-refractivity contribution in [2.45, 2.75) is 20.0 Å². The molecule has 1 amide bonds. The van der Waals surface area contributed by atoms with Gasteiger partial charge in [0.1, 0.15) is 5.75 Å². The van der Waals surface area contributed by atoms with E-state index in [2.05, 4.69) is 15.3 Å². The van der Waals surface area contributed by atoms with E-state index in [0.717, 1.165) is 16.1 Å². The minimum atomic E-state index is -5.08. The molecule has 11 heteroatoms. The number of hydrogen-bond acceptors (Lipinski definition) is 6. The molecule has 0 spiro atoms. The lowest BCUT2D eigenvalue weighted by Crippen LogP contribution is -2.21. The smallest absolute Gasteiger partial charge is 0.490 e. The maximum absolute atomic E-state index is 11.0. The van der Waals surface area contributed by atoms with Crippen LogP contribution in [0, 0.1) is 6.92 Å². The number of anilines is 1. The van der Waals surface area contributed by atoms with Crippen LogP contribution in [0.5, 0.6) is 5.75 Å². The van der Waals surface area contributed by atoms with Crippen LogP contribution < -0.4 is 10.1 Å². The average molecular weight is 377 g/mol. The minimum Gasteiger partial charge on any atom is -0.495 e. The second kappa shape index (κ2) is 8.42. The summed E-state index contributed by atoms with van der Waals surface area (Å²) in [5.74, 6) is -2.19. The summed E-state index contributed by atoms with van der Waals surface area (Å²) in [6, 6.07) is 1.89. The van der Waals surface area contributed by atoms with Crippen LogP contribution in [-0.2, 0) is 9.59 Å². The number of hydrogen-bond donors (Lipinski definition) is 2. The van der Waals surface area contributed by atoms with E-state index in [1.54, 1.807) is 19.5 Å². The van der Waals surface area contributed by atoms with Gasteiger partial charge in [-0.15, -0.1) is 0 Å². The minimum absolute atomic E-state index is 0.126. The van der Waals surface area contributed by atoms with Crippen LogP contribution in [0.4, 0.5) is 18.3 Å². The number of aryl methyl sites for hydroxylation is 1. The molecule has 7 nitrogen and oxygen atoms in total. The Kier molecular flexibility index (Phi) is 6.86. The normalized spacial score (nSPS) is 10.5. The second-order valence-electron chi connectivity index (χ2n) is 4.53. The van der Waals surface area contributed by atoms with Crippen molar-refractivity contribution in [2.24, 2.45) is 0 Å². The van der Waals surface area contributed by atoms with Crippen molar-refractivity contribution in [3.05, 3.63) is 24.2 Å². The molecule has 0 fully saturated rings. The highest BCUT2D eigenvalue weighted by Crippen LogP contribution is 2.33. The van der Waals surface area contributed by atoms with E-state index in [1.807, 2.05) is 13.0 Å². The SMILES string of the molecule is COc1cncc(-c2sc(NC(C)=O)nc2C)c1.O=C(O)C(F)(F)F. The molecule has 2 aromatic rings. The lowest BCUT2D eigenvalue weighted by molar-refractivity contribution is -0.192. The highest BCUT2D eigenvalue weighted by Gasteiger charge is 2.38. The third kappa shape index (κ3) is 6.37. The predicted molar refractivity (Wildman–Crippen MR) is 84.6 cm³/mol. The van der Waals surface area contributed by atoms with Crippen LogP contribution in [0.25, 0.3) is 10.4 Å². The van der Waals surface area contributed by atoms with Crippen molar-refractivity contribution in [2.75, 3.05) is 12.4 Å². The van der Waals surface area contributed by atoms with Gasteiger partial charge in [-0.3, -0.25) is 9.78 Å². The fourth-order valence-electron chi connectivity index (χ4n) is 1.52. The van der Waals surface area contributed by atoms with E-state index in [1.165, 1.54) is 18.3 Å². The van der Waals surface area contributed by atoms with E-state index >= 15 is 0 Å². The summed E-state index contributed by atoms with van der Waals surface area (Å²) < 4.78 is 36.9. The number of rotatable bonds is 3. The molecule has 0 aliphatic heterocycles. The first-order valence-electron chi connectivity index (χ1n) is 6.59. The van der Waals surface area contributed by atoms with E-state index in [9.17, 15) is 18.0 Å². The highest BCUT2D eigenvalue weighted by molar-refractivity contribution is 7.19. The van der Waals surface area contributed by atoms with E-state index in [0.29, 0.717) is 10.9 Å². The number of nitrogens with one attached hydrogen (secondary N) is 1. The van der Waals surface area contributed by atoms with Crippen molar-refractivity contribution in [1.29, 1.82) is 0 Å². The number of thiazole rings is 1. The predicted octanol–water partition coefficient (Wildman–Crippen LogP) is 3.11. The number of carboxylic acid groups (broad SMARTS) is 1. The lowest BCUT2D eigenvalue weighted by atomic mass is 10.2. The topological polar surface area (TPSA) is 101 Å². The molecule has 136 valence electrons. The number of methoxy groups -OCH3 is 1. The molecule has 2 aromatic heterocycles. The molecule has 0 unspecified atom stereocenters. The molecular weight excluding hydrogens is 363 g/mol. The zero-order valence-corrected chi connectivity index (χ0v) is 14.2. The Balaban J connectivity index is 0.000000381. The number of carboxylic acids is 1. The fourth-order valence-corrected chi connectivity index (χ4v) is 2.52. The van der Waals surface area contributed by atoms with Gasteiger partial charge in [-0.25, -0.2) is 9.78 Å². The zero-order valence-electron chi connectivity index (χ0n) is 13.3. The van der Waals surface area contributed by atoms with Crippen LogP contribution in [0.2, 0.25) is 0 Å². The van der Waals surface area contributed by atoms with Gasteiger partial charge in [0.25, 0.3) is 0 Å². The van der Waals surface area contributed by atoms with Crippen molar-refractivity contribution in [3.63, 3.8) is 0 Å². The molecule has 0 aliphatic carbocycles. The third-order valence-corrected chi connectivity index (χ3v) is 3.66. The number of nitrogens with zero attached hydrogens (tertiary/aromatic N) is 2. The number of alkyl halides is 3. The number of carbonyl (C=O) groups excluding carboxylic acids is 1. The first-order chi connectivity index (χ1) is 11.5. The summed E-state index contributed by atoms with van der Waals surface area (Å²) >= 11 is 1.42. The van der Waals surface area contributed by atoms with Gasteiger partial charge in [0, 0.05) is 18.7 Å². The second-order valence-corrected chi connectivity index (χ2v) is 5.53. The maximum atomic E-state index is 11.0. The lowest BCUT2D eigenvalue weighted by Gasteiger charge is -2.01. The zero-order chi connectivity index (χ0) is 19.2. The molecule has 0 bridgehead atoms. The van der Waals surface area contributed by atoms with Gasteiger partial charge in [0.2, 0.25) is 5.91 Å². The molecule has 0 atom stereocenters. The van der Waals surface area contributed by atoms with Crippen LogP contribution in [0.15, 0.2) is 18.5 Å². The summed E-state index contributed by atoms with van der Waals surface area (Å²) in [5, 5.41) is 10.4. The van der Waals surface area contributed by atoms with Gasteiger partial charge in [-0.1, -0.05) is 11.3 Å². The van der Waals surface area contributed by atoms with Crippen LogP contribution in [-0.4, -0.2) is 40.2 Å². The Hall–Kier alpha value is -2.69. The van der Waals surface area contributed by atoms with E-state index in [4.69, 9.17) is 14.6 Å². The van der Waals surface area contributed by atoms with E-state index in [-0.39, 0.29) is 5.91 Å². The van der Waals surface area contributed by atoms with Gasteiger partial charge in [0.05, 0.1) is 23.9 Å². The van der Waals surface area contributed by atoms with Crippen LogP contribution in [0.3, 0.4) is 0 Å².